The molecule has 0 aliphatic carbocycles. The summed E-state index contributed by atoms with van der Waals surface area (Å²) in [4.78, 5) is 14.5. The zero-order chi connectivity index (χ0) is 15.2. The Morgan fingerprint density at radius 2 is 1.76 bits per heavy atom. The summed E-state index contributed by atoms with van der Waals surface area (Å²) in [5.41, 5.74) is 2.87. The van der Waals surface area contributed by atoms with Gasteiger partial charge in [0.05, 0.1) is 17.3 Å². The molecule has 3 nitrogen and oxygen atoms in total. The van der Waals surface area contributed by atoms with E-state index in [1.807, 2.05) is 26.0 Å². The monoisotopic (exact) mass is 308 g/mol. The fraction of sp³-hybridized carbons (Fsp3) is 0.588. The minimum absolute atomic E-state index is 0.0319. The molecule has 2 rings (SSSR count). The maximum atomic E-state index is 12.3. The summed E-state index contributed by atoms with van der Waals surface area (Å²) >= 11 is 6.24. The Morgan fingerprint density at radius 1 is 1.14 bits per heavy atom. The van der Waals surface area contributed by atoms with E-state index in [-0.39, 0.29) is 5.91 Å². The van der Waals surface area contributed by atoms with Crippen LogP contribution in [0.5, 0.6) is 0 Å². The van der Waals surface area contributed by atoms with E-state index in [9.17, 15) is 4.79 Å². The first-order valence-corrected chi connectivity index (χ1v) is 8.23. The van der Waals surface area contributed by atoms with E-state index in [2.05, 4.69) is 10.2 Å². The maximum absolute atomic E-state index is 12.3. The van der Waals surface area contributed by atoms with Gasteiger partial charge in [0.2, 0.25) is 5.91 Å². The highest BCUT2D eigenvalue weighted by Crippen LogP contribution is 2.27. The van der Waals surface area contributed by atoms with Crippen molar-refractivity contribution in [3.8, 4) is 0 Å². The molecule has 1 N–H and O–H groups in total. The minimum atomic E-state index is 0.0319. The zero-order valence-electron chi connectivity index (χ0n) is 13.0. The van der Waals surface area contributed by atoms with Crippen LogP contribution in [0.3, 0.4) is 0 Å². The molecule has 4 heteroatoms. The number of hydrogen-bond donors (Lipinski definition) is 1. The van der Waals surface area contributed by atoms with Crippen LogP contribution in [-0.4, -0.2) is 30.4 Å². The van der Waals surface area contributed by atoms with Crippen LogP contribution < -0.4 is 5.32 Å². The van der Waals surface area contributed by atoms with Gasteiger partial charge in [-0.15, -0.1) is 0 Å². The summed E-state index contributed by atoms with van der Waals surface area (Å²) in [7, 11) is 0. The number of amides is 1. The highest BCUT2D eigenvalue weighted by atomic mass is 35.5. The molecule has 1 amide bonds. The molecule has 0 bridgehead atoms. The molecule has 1 aromatic rings. The SMILES string of the molecule is Cc1cc(C)c(NC(=O)CN2CCCCCCC2)c(Cl)c1. The highest BCUT2D eigenvalue weighted by molar-refractivity contribution is 6.34. The summed E-state index contributed by atoms with van der Waals surface area (Å²) in [5.74, 6) is 0.0319. The van der Waals surface area contributed by atoms with Crippen molar-refractivity contribution in [1.29, 1.82) is 0 Å². The third-order valence-corrected chi connectivity index (χ3v) is 4.31. The third-order valence-electron chi connectivity index (χ3n) is 4.01. The fourth-order valence-corrected chi connectivity index (χ4v) is 3.30. The summed E-state index contributed by atoms with van der Waals surface area (Å²) in [6.45, 7) is 6.49. The average Bonchev–Trinajstić information content (AvgIpc) is 2.37. The second-order valence-electron chi connectivity index (χ2n) is 6.03. The zero-order valence-corrected chi connectivity index (χ0v) is 13.8. The van der Waals surface area contributed by atoms with E-state index >= 15 is 0 Å². The number of anilines is 1. The van der Waals surface area contributed by atoms with Gasteiger partial charge in [0, 0.05) is 0 Å². The lowest BCUT2D eigenvalue weighted by Crippen LogP contribution is -2.35. The number of aryl methyl sites for hydroxylation is 2. The van der Waals surface area contributed by atoms with Gasteiger partial charge in [0.1, 0.15) is 0 Å². The summed E-state index contributed by atoms with van der Waals surface area (Å²) in [6.07, 6.45) is 6.27. The Morgan fingerprint density at radius 3 is 2.38 bits per heavy atom. The number of nitrogens with zero attached hydrogens (tertiary/aromatic N) is 1. The van der Waals surface area contributed by atoms with Crippen LogP contribution in [0.2, 0.25) is 5.02 Å². The lowest BCUT2D eigenvalue weighted by molar-refractivity contribution is -0.117. The van der Waals surface area contributed by atoms with Crippen LogP contribution >= 0.6 is 11.6 Å². The van der Waals surface area contributed by atoms with E-state index in [1.165, 1.54) is 32.1 Å². The summed E-state index contributed by atoms with van der Waals surface area (Å²) < 4.78 is 0. The van der Waals surface area contributed by atoms with Crippen molar-refractivity contribution < 1.29 is 4.79 Å². The van der Waals surface area contributed by atoms with Crippen LogP contribution in [0.4, 0.5) is 5.69 Å². The Balaban J connectivity index is 1.95. The average molecular weight is 309 g/mol. The first kappa shape index (κ1) is 16.3. The van der Waals surface area contributed by atoms with Gasteiger partial charge in [-0.25, -0.2) is 0 Å². The van der Waals surface area contributed by atoms with Crippen molar-refractivity contribution in [2.24, 2.45) is 0 Å². The molecule has 1 heterocycles. The van der Waals surface area contributed by atoms with E-state index < -0.39 is 0 Å². The number of likely N-dealkylation sites (tertiary alicyclic amines) is 1. The van der Waals surface area contributed by atoms with E-state index in [0.717, 1.165) is 29.9 Å². The highest BCUT2D eigenvalue weighted by Gasteiger charge is 2.14. The smallest absolute Gasteiger partial charge is 0.238 e. The minimum Gasteiger partial charge on any atom is -0.323 e. The molecule has 1 aromatic carbocycles. The van der Waals surface area contributed by atoms with Crippen molar-refractivity contribution in [2.45, 2.75) is 46.0 Å². The molecule has 0 radical (unpaired) electrons. The van der Waals surface area contributed by atoms with Crippen LogP contribution in [0.1, 0.15) is 43.2 Å². The van der Waals surface area contributed by atoms with Gasteiger partial charge in [-0.1, -0.05) is 36.9 Å². The predicted molar refractivity (Wildman–Crippen MR) is 89.1 cm³/mol. The van der Waals surface area contributed by atoms with E-state index in [4.69, 9.17) is 11.6 Å². The van der Waals surface area contributed by atoms with Gasteiger partial charge in [-0.05, 0) is 57.0 Å². The molecule has 0 spiro atoms. The number of carbonyl (C=O) groups excluding carboxylic acids is 1. The molecule has 0 aromatic heterocycles. The third kappa shape index (κ3) is 5.01. The van der Waals surface area contributed by atoms with Crippen molar-refractivity contribution >= 4 is 23.2 Å². The Kier molecular flexibility index (Phi) is 6.07. The van der Waals surface area contributed by atoms with Crippen molar-refractivity contribution in [3.05, 3.63) is 28.3 Å². The van der Waals surface area contributed by atoms with Crippen LogP contribution in [0.15, 0.2) is 12.1 Å². The van der Waals surface area contributed by atoms with Crippen molar-refractivity contribution in [2.75, 3.05) is 25.0 Å². The molecule has 1 aliphatic rings. The molecule has 0 saturated carbocycles. The number of nitrogens with one attached hydrogen (secondary N) is 1. The van der Waals surface area contributed by atoms with Crippen molar-refractivity contribution in [1.82, 2.24) is 4.90 Å². The molecule has 116 valence electrons. The van der Waals surface area contributed by atoms with E-state index in [0.29, 0.717) is 11.6 Å². The van der Waals surface area contributed by atoms with Gasteiger partial charge < -0.3 is 5.32 Å². The number of hydrogen-bond acceptors (Lipinski definition) is 2. The fourth-order valence-electron chi connectivity index (χ4n) is 2.93. The molecule has 21 heavy (non-hydrogen) atoms. The topological polar surface area (TPSA) is 32.3 Å². The largest absolute Gasteiger partial charge is 0.323 e. The van der Waals surface area contributed by atoms with Gasteiger partial charge in [-0.2, -0.15) is 0 Å². The molecular formula is C17H25ClN2O. The van der Waals surface area contributed by atoms with Gasteiger partial charge in [0.15, 0.2) is 0 Å². The van der Waals surface area contributed by atoms with Gasteiger partial charge in [0.25, 0.3) is 0 Å². The second kappa shape index (κ2) is 7.81. The molecule has 1 aliphatic heterocycles. The quantitative estimate of drug-likeness (QED) is 0.909. The Labute approximate surface area is 132 Å². The van der Waals surface area contributed by atoms with Gasteiger partial charge in [-0.3, -0.25) is 9.69 Å². The Hall–Kier alpha value is -1.06. The first-order valence-electron chi connectivity index (χ1n) is 7.85. The number of benzene rings is 1. The van der Waals surface area contributed by atoms with Gasteiger partial charge >= 0.3 is 0 Å². The number of carbonyl (C=O) groups is 1. The molecular weight excluding hydrogens is 284 g/mol. The second-order valence-corrected chi connectivity index (χ2v) is 6.44. The predicted octanol–water partition coefficient (Wildman–Crippen LogP) is 4.16. The first-order chi connectivity index (χ1) is 10.1. The molecule has 0 unspecified atom stereocenters. The van der Waals surface area contributed by atoms with Crippen LogP contribution in [0.25, 0.3) is 0 Å². The lowest BCUT2D eigenvalue weighted by Gasteiger charge is -2.24. The summed E-state index contributed by atoms with van der Waals surface area (Å²) in [5, 5.41) is 3.60. The number of rotatable bonds is 3. The van der Waals surface area contributed by atoms with Crippen LogP contribution in [-0.2, 0) is 4.79 Å². The Bertz CT molecular complexity index is 471. The summed E-state index contributed by atoms with van der Waals surface area (Å²) in [6, 6.07) is 3.93. The molecule has 1 saturated heterocycles. The normalized spacial score (nSPS) is 17.1. The van der Waals surface area contributed by atoms with Crippen molar-refractivity contribution in [3.63, 3.8) is 0 Å². The van der Waals surface area contributed by atoms with Crippen LogP contribution in [0, 0.1) is 13.8 Å². The number of halogens is 1. The standard InChI is InChI=1S/C17H25ClN2O/c1-13-10-14(2)17(15(18)11-13)19-16(21)12-20-8-6-4-3-5-7-9-20/h10-11H,3-9,12H2,1-2H3,(H,19,21). The van der Waals surface area contributed by atoms with E-state index in [1.54, 1.807) is 0 Å². The molecule has 1 fully saturated rings. The molecule has 0 atom stereocenters. The lowest BCUT2D eigenvalue weighted by atomic mass is 10.1. The maximum Gasteiger partial charge on any atom is 0.238 e.